The number of fused-ring (bicyclic) bond motifs is 1. The molecule has 5 heteroatoms. The first kappa shape index (κ1) is 17.5. The second-order valence-electron chi connectivity index (χ2n) is 7.22. The normalized spacial score (nSPS) is 19.6. The number of aromatic nitrogens is 1. The van der Waals surface area contributed by atoms with Crippen LogP contribution < -0.4 is 11.3 Å². The summed E-state index contributed by atoms with van der Waals surface area (Å²) in [4.78, 5) is 30.5. The van der Waals surface area contributed by atoms with E-state index in [0.717, 1.165) is 16.5 Å². The molecule has 0 aliphatic carbocycles. The molecule has 2 atom stereocenters. The smallest absolute Gasteiger partial charge is 0.261 e. The third-order valence-electron chi connectivity index (χ3n) is 5.65. The number of amides is 1. The highest BCUT2D eigenvalue weighted by Gasteiger charge is 2.36. The van der Waals surface area contributed by atoms with Crippen LogP contribution >= 0.6 is 0 Å². The Morgan fingerprint density at radius 1 is 1.11 bits per heavy atom. The fourth-order valence-corrected chi connectivity index (χ4v) is 4.18. The van der Waals surface area contributed by atoms with Gasteiger partial charge >= 0.3 is 0 Å². The first-order valence-electron chi connectivity index (χ1n) is 9.26. The minimum atomic E-state index is -0.330. The molecule has 3 N–H and O–H groups in total. The van der Waals surface area contributed by atoms with Crippen LogP contribution in [-0.4, -0.2) is 35.4 Å². The number of pyridine rings is 1. The van der Waals surface area contributed by atoms with Crippen LogP contribution in [0.15, 0.2) is 59.4 Å². The number of hydrogen-bond donors (Lipinski definition) is 2. The predicted octanol–water partition coefficient (Wildman–Crippen LogP) is 2.65. The predicted molar refractivity (Wildman–Crippen MR) is 107 cm³/mol. The van der Waals surface area contributed by atoms with Crippen LogP contribution in [0.3, 0.4) is 0 Å². The number of aryl methyl sites for hydroxylation is 1. The van der Waals surface area contributed by atoms with E-state index in [4.69, 9.17) is 5.73 Å². The molecule has 5 nitrogen and oxygen atoms in total. The van der Waals surface area contributed by atoms with Crippen LogP contribution in [0.25, 0.3) is 10.9 Å². The molecule has 4 rings (SSSR count). The summed E-state index contributed by atoms with van der Waals surface area (Å²) in [5.74, 6) is 0.174. The Balaban J connectivity index is 1.70. The van der Waals surface area contributed by atoms with E-state index in [1.54, 1.807) is 4.90 Å². The van der Waals surface area contributed by atoms with E-state index in [1.807, 2.05) is 49.4 Å². The average molecular weight is 361 g/mol. The highest BCUT2D eigenvalue weighted by molar-refractivity contribution is 6.00. The van der Waals surface area contributed by atoms with Gasteiger partial charge in [0.2, 0.25) is 0 Å². The van der Waals surface area contributed by atoms with Gasteiger partial charge in [0.05, 0.1) is 0 Å². The van der Waals surface area contributed by atoms with Gasteiger partial charge in [-0.05, 0) is 36.6 Å². The molecule has 2 heterocycles. The lowest BCUT2D eigenvalue weighted by Gasteiger charge is -2.18. The number of H-pyrrole nitrogens is 1. The Hall–Kier alpha value is -2.92. The van der Waals surface area contributed by atoms with Gasteiger partial charge in [0.15, 0.2) is 0 Å². The van der Waals surface area contributed by atoms with E-state index in [9.17, 15) is 9.59 Å². The highest BCUT2D eigenvalue weighted by atomic mass is 16.2. The van der Waals surface area contributed by atoms with Crippen molar-refractivity contribution in [1.82, 2.24) is 9.88 Å². The van der Waals surface area contributed by atoms with Crippen molar-refractivity contribution < 1.29 is 4.79 Å². The van der Waals surface area contributed by atoms with E-state index in [0.29, 0.717) is 19.6 Å². The van der Waals surface area contributed by atoms with Crippen molar-refractivity contribution in [2.75, 3.05) is 19.6 Å². The topological polar surface area (TPSA) is 79.2 Å². The largest absolute Gasteiger partial charge is 0.337 e. The van der Waals surface area contributed by atoms with Crippen LogP contribution in [0.4, 0.5) is 0 Å². The number of benzene rings is 2. The number of aromatic amines is 1. The van der Waals surface area contributed by atoms with Crippen molar-refractivity contribution in [3.05, 3.63) is 81.6 Å². The lowest BCUT2D eigenvalue weighted by Crippen LogP contribution is -2.34. The van der Waals surface area contributed by atoms with E-state index in [2.05, 4.69) is 17.1 Å². The first-order chi connectivity index (χ1) is 13.1. The van der Waals surface area contributed by atoms with Crippen molar-refractivity contribution in [3.8, 4) is 0 Å². The zero-order chi connectivity index (χ0) is 19.0. The highest BCUT2D eigenvalue weighted by Crippen LogP contribution is 2.33. The number of carbonyl (C=O) groups is 1. The van der Waals surface area contributed by atoms with Gasteiger partial charge in [-0.25, -0.2) is 0 Å². The minimum absolute atomic E-state index is 0.191. The summed E-state index contributed by atoms with van der Waals surface area (Å²) in [5.41, 5.74) is 8.56. The average Bonchev–Trinajstić information content (AvgIpc) is 3.13. The number of para-hydroxylation sites is 1. The maximum atomic E-state index is 13.2. The zero-order valence-corrected chi connectivity index (χ0v) is 15.3. The summed E-state index contributed by atoms with van der Waals surface area (Å²) < 4.78 is 0. The van der Waals surface area contributed by atoms with Crippen molar-refractivity contribution in [2.24, 2.45) is 11.7 Å². The summed E-state index contributed by atoms with van der Waals surface area (Å²) in [7, 11) is 0. The Morgan fingerprint density at radius 3 is 2.56 bits per heavy atom. The molecule has 138 valence electrons. The van der Waals surface area contributed by atoms with Gasteiger partial charge in [-0.2, -0.15) is 0 Å². The SMILES string of the molecule is Cc1c(C(=O)N2C[C@@H](CN)[C@H](c3ccccc3)C2)c(=O)[nH]c2ccccc12. The van der Waals surface area contributed by atoms with Crippen molar-refractivity contribution in [1.29, 1.82) is 0 Å². The quantitative estimate of drug-likeness (QED) is 0.753. The zero-order valence-electron chi connectivity index (χ0n) is 15.3. The fourth-order valence-electron chi connectivity index (χ4n) is 4.18. The molecule has 27 heavy (non-hydrogen) atoms. The number of hydrogen-bond acceptors (Lipinski definition) is 3. The summed E-state index contributed by atoms with van der Waals surface area (Å²) in [5, 5.41) is 0.898. The molecule has 0 radical (unpaired) electrons. The third kappa shape index (κ3) is 3.04. The Morgan fingerprint density at radius 2 is 1.81 bits per heavy atom. The van der Waals surface area contributed by atoms with E-state index in [-0.39, 0.29) is 28.9 Å². The van der Waals surface area contributed by atoms with Crippen molar-refractivity contribution in [2.45, 2.75) is 12.8 Å². The van der Waals surface area contributed by atoms with Crippen molar-refractivity contribution in [3.63, 3.8) is 0 Å². The van der Waals surface area contributed by atoms with Gasteiger partial charge in [0, 0.05) is 29.9 Å². The van der Waals surface area contributed by atoms with Gasteiger partial charge in [0.1, 0.15) is 5.56 Å². The van der Waals surface area contributed by atoms with Crippen LogP contribution in [0, 0.1) is 12.8 Å². The molecule has 1 fully saturated rings. The Labute approximate surface area is 157 Å². The fraction of sp³-hybridized carbons (Fsp3) is 0.273. The Kier molecular flexibility index (Phi) is 4.54. The summed E-state index contributed by atoms with van der Waals surface area (Å²) >= 11 is 0. The minimum Gasteiger partial charge on any atom is -0.337 e. The van der Waals surface area contributed by atoms with Crippen LogP contribution in [0.2, 0.25) is 0 Å². The first-order valence-corrected chi connectivity index (χ1v) is 9.26. The lowest BCUT2D eigenvalue weighted by molar-refractivity contribution is 0.0784. The summed E-state index contributed by atoms with van der Waals surface area (Å²) in [6.45, 7) is 3.50. The van der Waals surface area contributed by atoms with E-state index < -0.39 is 0 Å². The second-order valence-corrected chi connectivity index (χ2v) is 7.22. The maximum Gasteiger partial charge on any atom is 0.261 e. The number of nitrogens with zero attached hydrogens (tertiary/aromatic N) is 1. The third-order valence-corrected chi connectivity index (χ3v) is 5.65. The van der Waals surface area contributed by atoms with Gasteiger partial charge in [0.25, 0.3) is 11.5 Å². The van der Waals surface area contributed by atoms with Gasteiger partial charge < -0.3 is 15.6 Å². The summed E-state index contributed by atoms with van der Waals surface area (Å²) in [6, 6.07) is 17.7. The Bertz CT molecular complexity index is 1040. The molecule has 1 aliphatic rings. The van der Waals surface area contributed by atoms with Gasteiger partial charge in [-0.1, -0.05) is 48.5 Å². The van der Waals surface area contributed by atoms with Gasteiger partial charge in [-0.3, -0.25) is 9.59 Å². The molecule has 0 bridgehead atoms. The molecule has 1 amide bonds. The molecule has 0 unspecified atom stereocenters. The number of rotatable bonds is 3. The second kappa shape index (κ2) is 7.00. The molecule has 0 spiro atoms. The lowest BCUT2D eigenvalue weighted by atomic mass is 9.89. The van der Waals surface area contributed by atoms with Crippen LogP contribution in [0.5, 0.6) is 0 Å². The summed E-state index contributed by atoms with van der Waals surface area (Å²) in [6.07, 6.45) is 0. The molecule has 3 aromatic rings. The number of likely N-dealkylation sites (tertiary alicyclic amines) is 1. The maximum absolute atomic E-state index is 13.2. The molecular weight excluding hydrogens is 338 g/mol. The standard InChI is InChI=1S/C22H23N3O2/c1-14-17-9-5-6-10-19(17)24-21(26)20(14)22(27)25-12-16(11-23)18(13-25)15-7-3-2-4-8-15/h2-10,16,18H,11-13,23H2,1H3,(H,24,26)/t16-,18+/m1/s1. The van der Waals surface area contributed by atoms with Crippen molar-refractivity contribution >= 4 is 16.8 Å². The van der Waals surface area contributed by atoms with Crippen LogP contribution in [0.1, 0.15) is 27.4 Å². The molecule has 1 saturated heterocycles. The molecule has 0 saturated carbocycles. The molecular formula is C22H23N3O2. The van der Waals surface area contributed by atoms with E-state index >= 15 is 0 Å². The van der Waals surface area contributed by atoms with Crippen LogP contribution in [-0.2, 0) is 0 Å². The van der Waals surface area contributed by atoms with E-state index in [1.165, 1.54) is 5.56 Å². The number of nitrogens with two attached hydrogens (primary N) is 1. The molecule has 1 aromatic heterocycles. The van der Waals surface area contributed by atoms with Gasteiger partial charge in [-0.15, -0.1) is 0 Å². The molecule has 1 aliphatic heterocycles. The molecule has 2 aromatic carbocycles. The monoisotopic (exact) mass is 361 g/mol. The number of nitrogens with one attached hydrogen (secondary N) is 1. The number of carbonyl (C=O) groups excluding carboxylic acids is 1.